The van der Waals surface area contributed by atoms with E-state index < -0.39 is 11.7 Å². The number of urea groups is 1. The summed E-state index contributed by atoms with van der Waals surface area (Å²) in [6.45, 7) is 4.51. The van der Waals surface area contributed by atoms with E-state index in [1.165, 1.54) is 0 Å². The van der Waals surface area contributed by atoms with Gasteiger partial charge in [0.05, 0.1) is 6.04 Å². The molecule has 0 aromatic heterocycles. The summed E-state index contributed by atoms with van der Waals surface area (Å²) in [5, 5.41) is 20.0. The number of benzene rings is 3. The molecule has 4 N–H and O–H groups in total. The quantitative estimate of drug-likeness (QED) is 0.455. The molecule has 2 unspecified atom stereocenters. The number of aliphatic hydroxyl groups is 1. The van der Waals surface area contributed by atoms with E-state index in [1.807, 2.05) is 92.7 Å². The topological polar surface area (TPSA) is 82.6 Å². The van der Waals surface area contributed by atoms with Crippen LogP contribution < -0.4 is 20.7 Å². The Morgan fingerprint density at radius 3 is 2.25 bits per heavy atom. The Kier molecular flexibility index (Phi) is 6.44. The summed E-state index contributed by atoms with van der Waals surface area (Å²) in [5.74, 6) is 0.810. The van der Waals surface area contributed by atoms with Gasteiger partial charge in [-0.25, -0.2) is 4.79 Å². The van der Waals surface area contributed by atoms with E-state index in [4.69, 9.17) is 4.74 Å². The SMILES string of the molecule is CC1(C)Oc2ccccc2C(NCCc2ccc(NC(=O)Nc3ccccc3)cc2)C1O. The summed E-state index contributed by atoms with van der Waals surface area (Å²) >= 11 is 0. The molecule has 6 nitrogen and oxygen atoms in total. The van der Waals surface area contributed by atoms with Crippen LogP contribution in [-0.2, 0) is 6.42 Å². The van der Waals surface area contributed by atoms with Crippen LogP contribution in [0.25, 0.3) is 0 Å². The van der Waals surface area contributed by atoms with E-state index in [2.05, 4.69) is 16.0 Å². The highest BCUT2D eigenvalue weighted by atomic mass is 16.5. The fourth-order valence-electron chi connectivity index (χ4n) is 3.91. The molecule has 0 saturated carbocycles. The maximum absolute atomic E-state index is 12.1. The molecule has 1 aliphatic heterocycles. The first kappa shape index (κ1) is 21.9. The number of carbonyl (C=O) groups excluding carboxylic acids is 1. The van der Waals surface area contributed by atoms with Gasteiger partial charge >= 0.3 is 6.03 Å². The van der Waals surface area contributed by atoms with Crippen molar-refractivity contribution in [2.45, 2.75) is 38.0 Å². The molecular weight excluding hydrogens is 402 g/mol. The van der Waals surface area contributed by atoms with Crippen molar-refractivity contribution in [1.82, 2.24) is 5.32 Å². The van der Waals surface area contributed by atoms with Crippen molar-refractivity contribution >= 4 is 17.4 Å². The van der Waals surface area contributed by atoms with Crippen LogP contribution in [0.5, 0.6) is 5.75 Å². The zero-order valence-corrected chi connectivity index (χ0v) is 18.3. The van der Waals surface area contributed by atoms with Crippen LogP contribution in [0.3, 0.4) is 0 Å². The zero-order chi connectivity index (χ0) is 22.6. The summed E-state index contributed by atoms with van der Waals surface area (Å²) in [7, 11) is 0. The fraction of sp³-hybridized carbons (Fsp3) is 0.269. The van der Waals surface area contributed by atoms with E-state index in [0.717, 1.165) is 34.7 Å². The molecule has 3 aromatic carbocycles. The van der Waals surface area contributed by atoms with Gasteiger partial charge in [0.1, 0.15) is 17.5 Å². The summed E-state index contributed by atoms with van der Waals surface area (Å²) in [4.78, 5) is 12.1. The standard InChI is InChI=1S/C26H29N3O3/c1-26(2)24(30)23(21-10-6-7-11-22(21)32-26)27-17-16-18-12-14-20(15-13-18)29-25(31)28-19-8-4-3-5-9-19/h3-15,23-24,27,30H,16-17H2,1-2H3,(H2,28,29,31). The van der Waals surface area contributed by atoms with Crippen molar-refractivity contribution in [3.05, 3.63) is 90.0 Å². The van der Waals surface area contributed by atoms with E-state index in [9.17, 15) is 9.90 Å². The molecule has 4 rings (SSSR count). The first-order chi connectivity index (χ1) is 15.4. The van der Waals surface area contributed by atoms with Gasteiger partial charge in [-0.15, -0.1) is 0 Å². The molecule has 2 amide bonds. The van der Waals surface area contributed by atoms with E-state index in [0.29, 0.717) is 6.54 Å². The average molecular weight is 432 g/mol. The second kappa shape index (κ2) is 9.42. The third-order valence-electron chi connectivity index (χ3n) is 5.68. The van der Waals surface area contributed by atoms with Crippen LogP contribution in [0.4, 0.5) is 16.2 Å². The van der Waals surface area contributed by atoms with E-state index >= 15 is 0 Å². The van der Waals surface area contributed by atoms with Crippen LogP contribution in [0, 0.1) is 0 Å². The first-order valence-electron chi connectivity index (χ1n) is 10.8. The second-order valence-corrected chi connectivity index (χ2v) is 8.51. The lowest BCUT2D eigenvalue weighted by molar-refractivity contribution is -0.0643. The molecule has 6 heteroatoms. The summed E-state index contributed by atoms with van der Waals surface area (Å²) in [6, 6.07) is 24.5. The number of carbonyl (C=O) groups is 1. The number of ether oxygens (including phenoxy) is 1. The zero-order valence-electron chi connectivity index (χ0n) is 18.3. The van der Waals surface area contributed by atoms with E-state index in [1.54, 1.807) is 0 Å². The fourth-order valence-corrected chi connectivity index (χ4v) is 3.91. The molecule has 32 heavy (non-hydrogen) atoms. The lowest BCUT2D eigenvalue weighted by atomic mass is 9.86. The number of nitrogens with one attached hydrogen (secondary N) is 3. The molecule has 1 aliphatic rings. The molecule has 0 aliphatic carbocycles. The molecule has 2 atom stereocenters. The minimum Gasteiger partial charge on any atom is -0.485 e. The summed E-state index contributed by atoms with van der Waals surface area (Å²) in [5.41, 5.74) is 2.92. The molecule has 3 aromatic rings. The van der Waals surface area contributed by atoms with Crippen molar-refractivity contribution in [2.24, 2.45) is 0 Å². The smallest absolute Gasteiger partial charge is 0.323 e. The van der Waals surface area contributed by atoms with Crippen molar-refractivity contribution in [1.29, 1.82) is 0 Å². The Labute approximate surface area is 188 Å². The minimum absolute atomic E-state index is 0.197. The number of hydrogen-bond acceptors (Lipinski definition) is 4. The number of anilines is 2. The third-order valence-corrected chi connectivity index (χ3v) is 5.68. The van der Waals surface area contributed by atoms with Crippen LogP contribution in [0.2, 0.25) is 0 Å². The number of amides is 2. The Balaban J connectivity index is 1.31. The maximum Gasteiger partial charge on any atom is 0.323 e. The predicted octanol–water partition coefficient (Wildman–Crippen LogP) is 4.74. The molecule has 0 saturated heterocycles. The Hall–Kier alpha value is -3.35. The normalized spacial score (nSPS) is 18.8. The van der Waals surface area contributed by atoms with Crippen molar-refractivity contribution in [2.75, 3.05) is 17.2 Å². The van der Waals surface area contributed by atoms with Crippen LogP contribution in [-0.4, -0.2) is 29.4 Å². The van der Waals surface area contributed by atoms with Gasteiger partial charge in [-0.05, 0) is 62.7 Å². The van der Waals surface area contributed by atoms with Gasteiger partial charge in [0.15, 0.2) is 0 Å². The molecular formula is C26H29N3O3. The minimum atomic E-state index is -0.667. The van der Waals surface area contributed by atoms with Crippen LogP contribution in [0.15, 0.2) is 78.9 Å². The van der Waals surface area contributed by atoms with Gasteiger partial charge < -0.3 is 25.8 Å². The Morgan fingerprint density at radius 1 is 0.906 bits per heavy atom. The van der Waals surface area contributed by atoms with E-state index in [-0.39, 0.29) is 12.1 Å². The summed E-state index contributed by atoms with van der Waals surface area (Å²) < 4.78 is 5.98. The molecule has 0 spiro atoms. The number of rotatable bonds is 6. The number of aliphatic hydroxyl groups excluding tert-OH is 1. The number of fused-ring (bicyclic) bond motifs is 1. The Morgan fingerprint density at radius 2 is 1.53 bits per heavy atom. The molecule has 0 radical (unpaired) electrons. The molecule has 166 valence electrons. The first-order valence-corrected chi connectivity index (χ1v) is 10.8. The van der Waals surface area contributed by atoms with Gasteiger partial charge in [-0.2, -0.15) is 0 Å². The lowest BCUT2D eigenvalue weighted by Gasteiger charge is -2.42. The lowest BCUT2D eigenvalue weighted by Crippen LogP contribution is -2.52. The molecule has 0 fully saturated rings. The van der Waals surface area contributed by atoms with Crippen molar-refractivity contribution in [3.63, 3.8) is 0 Å². The van der Waals surface area contributed by atoms with Gasteiger partial charge in [-0.3, -0.25) is 0 Å². The highest BCUT2D eigenvalue weighted by Crippen LogP contribution is 2.39. The highest BCUT2D eigenvalue weighted by molar-refractivity contribution is 5.99. The second-order valence-electron chi connectivity index (χ2n) is 8.51. The third kappa shape index (κ3) is 5.10. The average Bonchev–Trinajstić information content (AvgIpc) is 2.78. The Bertz CT molecular complexity index is 1050. The molecule has 0 bridgehead atoms. The van der Waals surface area contributed by atoms with Gasteiger partial charge in [0.2, 0.25) is 0 Å². The van der Waals surface area contributed by atoms with Crippen LogP contribution >= 0.6 is 0 Å². The molecule has 1 heterocycles. The largest absolute Gasteiger partial charge is 0.485 e. The van der Waals surface area contributed by atoms with Crippen LogP contribution in [0.1, 0.15) is 31.0 Å². The predicted molar refractivity (Wildman–Crippen MR) is 127 cm³/mol. The monoisotopic (exact) mass is 431 g/mol. The van der Waals surface area contributed by atoms with Gasteiger partial charge in [0, 0.05) is 16.9 Å². The summed E-state index contributed by atoms with van der Waals surface area (Å²) in [6.07, 6.45) is 0.135. The highest BCUT2D eigenvalue weighted by Gasteiger charge is 2.42. The van der Waals surface area contributed by atoms with Gasteiger partial charge in [-0.1, -0.05) is 48.5 Å². The van der Waals surface area contributed by atoms with Gasteiger partial charge in [0.25, 0.3) is 0 Å². The van der Waals surface area contributed by atoms with Crippen molar-refractivity contribution in [3.8, 4) is 5.75 Å². The number of hydrogen-bond donors (Lipinski definition) is 4. The number of para-hydroxylation sites is 2. The maximum atomic E-state index is 12.1. The van der Waals surface area contributed by atoms with Crippen molar-refractivity contribution < 1.29 is 14.6 Å².